The van der Waals surface area contributed by atoms with Crippen molar-refractivity contribution in [1.29, 1.82) is 0 Å². The van der Waals surface area contributed by atoms with Gasteiger partial charge in [-0.1, -0.05) is 18.2 Å². The average Bonchev–Trinajstić information content (AvgIpc) is 2.82. The van der Waals surface area contributed by atoms with Crippen molar-refractivity contribution in [2.75, 3.05) is 0 Å². The minimum Gasteiger partial charge on any atom is -0.391 e. The molecule has 2 aromatic rings. The maximum absolute atomic E-state index is 12.4. The van der Waals surface area contributed by atoms with Crippen LogP contribution in [0.25, 0.3) is 10.9 Å². The highest BCUT2D eigenvalue weighted by atomic mass is 16.3. The van der Waals surface area contributed by atoms with Gasteiger partial charge in [0.25, 0.3) is 0 Å². The topological polar surface area (TPSA) is 94.2 Å². The fraction of sp³-hybridized carbons (Fsp3) is 0.333. The van der Waals surface area contributed by atoms with Gasteiger partial charge in [-0.3, -0.25) is 10.1 Å². The lowest BCUT2D eigenvalue weighted by molar-refractivity contribution is -0.129. The van der Waals surface area contributed by atoms with Gasteiger partial charge in [-0.25, -0.2) is 4.79 Å². The molecule has 1 aromatic carbocycles. The third-order valence-electron chi connectivity index (χ3n) is 4.74. The van der Waals surface area contributed by atoms with Crippen LogP contribution in [-0.4, -0.2) is 34.2 Å². The Morgan fingerprint density at radius 3 is 2.86 bits per heavy atom. The van der Waals surface area contributed by atoms with E-state index in [1.165, 1.54) is 0 Å². The number of hydrogen-bond acceptors (Lipinski definition) is 3. The minimum atomic E-state index is -1.00. The summed E-state index contributed by atoms with van der Waals surface area (Å²) in [7, 11) is 0. The Kier molecular flexibility index (Phi) is 2.28. The predicted octanol–water partition coefficient (Wildman–Crippen LogP) is 0.551. The number of hydrogen-bond donors (Lipinski definition) is 4. The highest BCUT2D eigenvalue weighted by Gasteiger charge is 2.55. The van der Waals surface area contributed by atoms with Gasteiger partial charge in [-0.05, 0) is 18.6 Å². The van der Waals surface area contributed by atoms with Crippen LogP contribution >= 0.6 is 0 Å². The number of aromatic nitrogens is 1. The standard InChI is InChI=1S/C15H15N3O3/c1-15-11-8(7-4-2-3-5-9(7)16-11)6-10(19)12(15)17-14(21)18-13(15)20/h2-5,10,12,16,19H,6H2,1H3,(H2,17,18,20,21)/t10-,12?,15-/m1/s1. The minimum absolute atomic E-state index is 0.386. The monoisotopic (exact) mass is 285 g/mol. The van der Waals surface area contributed by atoms with Crippen molar-refractivity contribution in [3.05, 3.63) is 35.5 Å². The normalized spacial score (nSPS) is 31.3. The Hall–Kier alpha value is -2.34. The number of urea groups is 1. The van der Waals surface area contributed by atoms with Crippen LogP contribution in [0.1, 0.15) is 18.2 Å². The first-order chi connectivity index (χ1) is 10.0. The van der Waals surface area contributed by atoms with Crippen molar-refractivity contribution in [2.24, 2.45) is 0 Å². The first-order valence-corrected chi connectivity index (χ1v) is 6.92. The van der Waals surface area contributed by atoms with Crippen molar-refractivity contribution in [3.8, 4) is 0 Å². The lowest BCUT2D eigenvalue weighted by Gasteiger charge is -2.45. The number of aromatic amines is 1. The van der Waals surface area contributed by atoms with Crippen molar-refractivity contribution in [1.82, 2.24) is 15.6 Å². The van der Waals surface area contributed by atoms with Crippen LogP contribution in [0.3, 0.4) is 0 Å². The number of fused-ring (bicyclic) bond motifs is 5. The third kappa shape index (κ3) is 1.45. The van der Waals surface area contributed by atoms with Crippen LogP contribution in [-0.2, 0) is 16.6 Å². The molecular formula is C15H15N3O3. The molecule has 21 heavy (non-hydrogen) atoms. The number of H-pyrrole nitrogens is 1. The second kappa shape index (κ2) is 3.85. The molecule has 1 unspecified atom stereocenters. The molecule has 0 bridgehead atoms. The number of aliphatic hydroxyl groups is 1. The van der Waals surface area contributed by atoms with Gasteiger partial charge in [0, 0.05) is 23.0 Å². The zero-order valence-corrected chi connectivity index (χ0v) is 11.4. The smallest absolute Gasteiger partial charge is 0.321 e. The first-order valence-electron chi connectivity index (χ1n) is 6.92. The van der Waals surface area contributed by atoms with Gasteiger partial charge < -0.3 is 15.4 Å². The molecule has 6 nitrogen and oxygen atoms in total. The molecule has 2 heterocycles. The molecule has 108 valence electrons. The summed E-state index contributed by atoms with van der Waals surface area (Å²) in [6.45, 7) is 1.75. The van der Waals surface area contributed by atoms with Crippen molar-refractivity contribution >= 4 is 22.8 Å². The summed E-state index contributed by atoms with van der Waals surface area (Å²) in [5.41, 5.74) is 1.65. The molecule has 3 atom stereocenters. The summed E-state index contributed by atoms with van der Waals surface area (Å²) in [6, 6.07) is 6.59. The Morgan fingerprint density at radius 1 is 1.29 bits per heavy atom. The number of imide groups is 1. The van der Waals surface area contributed by atoms with E-state index >= 15 is 0 Å². The number of amides is 3. The number of nitrogens with one attached hydrogen (secondary N) is 3. The van der Waals surface area contributed by atoms with Gasteiger partial charge in [-0.2, -0.15) is 0 Å². The SMILES string of the molecule is C[C@]12C(=O)NC(=O)NC1[C@H](O)Cc1c2[nH]c2ccccc12. The van der Waals surface area contributed by atoms with Crippen molar-refractivity contribution in [3.63, 3.8) is 0 Å². The lowest BCUT2D eigenvalue weighted by Crippen LogP contribution is -2.71. The Balaban J connectivity index is 2.00. The van der Waals surface area contributed by atoms with Crippen LogP contribution in [0, 0.1) is 0 Å². The zero-order chi connectivity index (χ0) is 14.8. The van der Waals surface area contributed by atoms with E-state index in [0.717, 1.165) is 22.2 Å². The summed E-state index contributed by atoms with van der Waals surface area (Å²) in [5, 5.41) is 16.4. The molecule has 1 aromatic heterocycles. The maximum atomic E-state index is 12.4. The number of benzene rings is 1. The summed E-state index contributed by atoms with van der Waals surface area (Å²) in [5.74, 6) is -0.386. The van der Waals surface area contributed by atoms with Gasteiger partial charge >= 0.3 is 6.03 Å². The molecule has 1 fully saturated rings. The molecule has 4 rings (SSSR count). The predicted molar refractivity (Wildman–Crippen MR) is 75.8 cm³/mol. The highest BCUT2D eigenvalue weighted by Crippen LogP contribution is 2.41. The van der Waals surface area contributed by atoms with E-state index in [9.17, 15) is 14.7 Å². The lowest BCUT2D eigenvalue weighted by atomic mass is 9.68. The van der Waals surface area contributed by atoms with Crippen molar-refractivity contribution < 1.29 is 14.7 Å². The quantitative estimate of drug-likeness (QED) is 0.569. The molecule has 3 amide bonds. The molecule has 0 radical (unpaired) electrons. The maximum Gasteiger partial charge on any atom is 0.321 e. The summed E-state index contributed by atoms with van der Waals surface area (Å²) < 4.78 is 0. The van der Waals surface area contributed by atoms with Gasteiger partial charge in [0.05, 0.1) is 12.1 Å². The number of para-hydroxylation sites is 1. The molecule has 1 aliphatic carbocycles. The van der Waals surface area contributed by atoms with E-state index in [0.29, 0.717) is 6.42 Å². The van der Waals surface area contributed by atoms with E-state index in [1.807, 2.05) is 24.3 Å². The highest BCUT2D eigenvalue weighted by molar-refractivity contribution is 6.05. The second-order valence-corrected chi connectivity index (χ2v) is 5.90. The molecule has 1 saturated heterocycles. The van der Waals surface area contributed by atoms with Crippen molar-refractivity contribution in [2.45, 2.75) is 30.9 Å². The fourth-order valence-electron chi connectivity index (χ4n) is 3.63. The Bertz CT molecular complexity index is 782. The van der Waals surface area contributed by atoms with Gasteiger partial charge in [0.2, 0.25) is 5.91 Å². The second-order valence-electron chi connectivity index (χ2n) is 5.90. The summed E-state index contributed by atoms with van der Waals surface area (Å²) >= 11 is 0. The molecular weight excluding hydrogens is 270 g/mol. The number of rotatable bonds is 0. The molecule has 2 aliphatic rings. The molecule has 6 heteroatoms. The van der Waals surface area contributed by atoms with E-state index in [-0.39, 0.29) is 5.91 Å². The average molecular weight is 285 g/mol. The molecule has 4 N–H and O–H groups in total. The van der Waals surface area contributed by atoms with E-state index < -0.39 is 23.6 Å². The number of carbonyl (C=O) groups is 2. The molecule has 1 aliphatic heterocycles. The summed E-state index contributed by atoms with van der Waals surface area (Å²) in [6.07, 6.45) is -0.385. The fourth-order valence-corrected chi connectivity index (χ4v) is 3.63. The number of carbonyl (C=O) groups excluding carboxylic acids is 2. The van der Waals surface area contributed by atoms with Crippen LogP contribution in [0.5, 0.6) is 0 Å². The van der Waals surface area contributed by atoms with Crippen LogP contribution in [0.2, 0.25) is 0 Å². The Labute approximate surface area is 120 Å². The van der Waals surface area contributed by atoms with E-state index in [1.54, 1.807) is 6.92 Å². The molecule has 0 saturated carbocycles. The van der Waals surface area contributed by atoms with Gasteiger partial charge in [0.1, 0.15) is 5.41 Å². The van der Waals surface area contributed by atoms with Crippen LogP contribution in [0.15, 0.2) is 24.3 Å². The van der Waals surface area contributed by atoms with Gasteiger partial charge in [-0.15, -0.1) is 0 Å². The van der Waals surface area contributed by atoms with Gasteiger partial charge in [0.15, 0.2) is 0 Å². The first kappa shape index (κ1) is 12.4. The summed E-state index contributed by atoms with van der Waals surface area (Å²) in [4.78, 5) is 27.3. The van der Waals surface area contributed by atoms with E-state index in [4.69, 9.17) is 0 Å². The largest absolute Gasteiger partial charge is 0.391 e. The zero-order valence-electron chi connectivity index (χ0n) is 11.4. The van der Waals surface area contributed by atoms with Crippen LogP contribution < -0.4 is 10.6 Å². The third-order valence-corrected chi connectivity index (χ3v) is 4.74. The van der Waals surface area contributed by atoms with E-state index in [2.05, 4.69) is 15.6 Å². The number of aliphatic hydroxyl groups excluding tert-OH is 1. The molecule has 0 spiro atoms. The van der Waals surface area contributed by atoms with Crippen LogP contribution in [0.4, 0.5) is 4.79 Å². The Morgan fingerprint density at radius 2 is 2.05 bits per heavy atom.